The van der Waals surface area contributed by atoms with Gasteiger partial charge in [0.05, 0.1) is 17.4 Å². The maximum absolute atomic E-state index is 13.7. The second kappa shape index (κ2) is 8.37. The fourth-order valence-electron chi connectivity index (χ4n) is 4.66. The number of hydroxylamine groups is 1. The Morgan fingerprint density at radius 1 is 0.818 bits per heavy atom. The molecule has 0 aliphatic carbocycles. The fourth-order valence-corrected chi connectivity index (χ4v) is 4.66. The van der Waals surface area contributed by atoms with Gasteiger partial charge in [-0.25, -0.2) is 9.96 Å². The average Bonchev–Trinajstić information content (AvgIpc) is 3.36. The van der Waals surface area contributed by atoms with Crippen LogP contribution in [0.3, 0.4) is 0 Å². The Labute approximate surface area is 193 Å². The van der Waals surface area contributed by atoms with Crippen LogP contribution in [0.2, 0.25) is 0 Å². The Hall–Kier alpha value is -3.64. The molecular weight excluding hydrogens is 414 g/mol. The number of nitrogens with zero attached hydrogens (tertiary/aromatic N) is 3. The number of carbonyl (C=O) groups excluding carboxylic acids is 2. The molecule has 2 aliphatic rings. The van der Waals surface area contributed by atoms with Crippen molar-refractivity contribution < 1.29 is 14.4 Å². The Morgan fingerprint density at radius 3 is 2.09 bits per heavy atom. The van der Waals surface area contributed by atoms with Gasteiger partial charge in [0, 0.05) is 19.8 Å². The largest absolute Gasteiger partial charge is 0.378 e. The van der Waals surface area contributed by atoms with E-state index in [2.05, 4.69) is 6.92 Å². The molecule has 168 valence electrons. The van der Waals surface area contributed by atoms with Gasteiger partial charge in [-0.2, -0.15) is 0 Å². The minimum absolute atomic E-state index is 0.227. The molecule has 0 aromatic heterocycles. The van der Waals surface area contributed by atoms with Gasteiger partial charge in [-0.15, -0.1) is 0 Å². The van der Waals surface area contributed by atoms with E-state index in [1.807, 2.05) is 97.9 Å². The molecule has 0 saturated carbocycles. The first kappa shape index (κ1) is 21.2. The number of aryl methyl sites for hydroxylation is 1. The van der Waals surface area contributed by atoms with Gasteiger partial charge in [0.1, 0.15) is 5.92 Å². The van der Waals surface area contributed by atoms with Crippen molar-refractivity contribution in [1.29, 1.82) is 0 Å². The molecule has 3 aromatic rings. The molecule has 2 fully saturated rings. The summed E-state index contributed by atoms with van der Waals surface area (Å²) in [5, 5.41) is 1.73. The molecular formula is C27H27N3O3. The third kappa shape index (κ3) is 3.56. The van der Waals surface area contributed by atoms with Crippen LogP contribution in [-0.4, -0.2) is 32.0 Å². The van der Waals surface area contributed by atoms with Gasteiger partial charge in [0.2, 0.25) is 5.91 Å². The van der Waals surface area contributed by atoms with Crippen molar-refractivity contribution in [2.24, 2.45) is 5.92 Å². The molecule has 6 nitrogen and oxygen atoms in total. The molecule has 0 N–H and O–H groups in total. The van der Waals surface area contributed by atoms with E-state index in [0.29, 0.717) is 5.69 Å². The predicted molar refractivity (Wildman–Crippen MR) is 129 cm³/mol. The highest BCUT2D eigenvalue weighted by Crippen LogP contribution is 2.47. The normalized spacial score (nSPS) is 22.1. The summed E-state index contributed by atoms with van der Waals surface area (Å²) in [5.41, 5.74) is 4.55. The number of rotatable bonds is 5. The van der Waals surface area contributed by atoms with Gasteiger partial charge < -0.3 is 4.90 Å². The molecule has 2 saturated heterocycles. The average molecular weight is 442 g/mol. The summed E-state index contributed by atoms with van der Waals surface area (Å²) in [6, 6.07) is 24.9. The third-order valence-electron chi connectivity index (χ3n) is 6.48. The van der Waals surface area contributed by atoms with E-state index in [1.165, 1.54) is 4.90 Å². The van der Waals surface area contributed by atoms with Crippen molar-refractivity contribution in [2.45, 2.75) is 25.5 Å². The maximum atomic E-state index is 13.7. The molecule has 5 rings (SSSR count). The van der Waals surface area contributed by atoms with Crippen molar-refractivity contribution >= 4 is 28.9 Å². The van der Waals surface area contributed by atoms with E-state index >= 15 is 0 Å². The van der Waals surface area contributed by atoms with Crippen molar-refractivity contribution in [1.82, 2.24) is 0 Å². The quantitative estimate of drug-likeness (QED) is 0.551. The molecule has 3 atom stereocenters. The zero-order valence-corrected chi connectivity index (χ0v) is 19.0. The first-order valence-corrected chi connectivity index (χ1v) is 11.2. The summed E-state index contributed by atoms with van der Waals surface area (Å²) >= 11 is 0. The number of amides is 2. The molecule has 0 bridgehead atoms. The molecule has 2 heterocycles. The zero-order valence-electron chi connectivity index (χ0n) is 19.0. The minimum atomic E-state index is -0.859. The number of para-hydroxylation sites is 1. The van der Waals surface area contributed by atoms with Crippen molar-refractivity contribution in [3.8, 4) is 0 Å². The third-order valence-corrected chi connectivity index (χ3v) is 6.48. The van der Waals surface area contributed by atoms with E-state index in [0.717, 1.165) is 28.9 Å². The van der Waals surface area contributed by atoms with E-state index in [1.54, 1.807) is 5.06 Å². The number of hydrogen-bond donors (Lipinski definition) is 0. The molecule has 2 amide bonds. The summed E-state index contributed by atoms with van der Waals surface area (Å²) in [6.07, 6.45) is 0.0372. The van der Waals surface area contributed by atoms with Crippen LogP contribution in [0.15, 0.2) is 78.9 Å². The second-order valence-electron chi connectivity index (χ2n) is 8.68. The van der Waals surface area contributed by atoms with Gasteiger partial charge in [-0.05, 0) is 53.9 Å². The first-order chi connectivity index (χ1) is 16.0. The van der Waals surface area contributed by atoms with Crippen molar-refractivity contribution in [3.05, 3.63) is 90.0 Å². The van der Waals surface area contributed by atoms with E-state index in [4.69, 9.17) is 4.84 Å². The molecule has 0 spiro atoms. The van der Waals surface area contributed by atoms with E-state index < -0.39 is 18.1 Å². The van der Waals surface area contributed by atoms with Crippen LogP contribution in [-0.2, 0) is 20.8 Å². The lowest BCUT2D eigenvalue weighted by atomic mass is 9.90. The smallest absolute Gasteiger partial charge is 0.266 e. The van der Waals surface area contributed by atoms with E-state index in [-0.39, 0.29) is 11.8 Å². The topological polar surface area (TPSA) is 53.1 Å². The first-order valence-electron chi connectivity index (χ1n) is 11.2. The number of imide groups is 1. The lowest BCUT2D eigenvalue weighted by molar-refractivity contribution is -0.126. The highest BCUT2D eigenvalue weighted by molar-refractivity contribution is 6.23. The van der Waals surface area contributed by atoms with Gasteiger partial charge in [-0.3, -0.25) is 14.4 Å². The van der Waals surface area contributed by atoms with Gasteiger partial charge in [-0.1, -0.05) is 49.4 Å². The fraction of sp³-hybridized carbons (Fsp3) is 0.259. The van der Waals surface area contributed by atoms with Gasteiger partial charge in [0.15, 0.2) is 6.10 Å². The van der Waals surface area contributed by atoms with E-state index in [9.17, 15) is 9.59 Å². The summed E-state index contributed by atoms with van der Waals surface area (Å²) in [7, 11) is 3.97. The molecule has 2 aliphatic heterocycles. The second-order valence-corrected chi connectivity index (χ2v) is 8.68. The Morgan fingerprint density at radius 2 is 1.48 bits per heavy atom. The van der Waals surface area contributed by atoms with Crippen LogP contribution in [0.5, 0.6) is 0 Å². The Balaban J connectivity index is 1.55. The monoisotopic (exact) mass is 441 g/mol. The Bertz CT molecular complexity index is 1160. The number of fused-ring (bicyclic) bond motifs is 1. The van der Waals surface area contributed by atoms with Crippen LogP contribution in [0.1, 0.15) is 24.1 Å². The molecule has 0 radical (unpaired) electrons. The summed E-state index contributed by atoms with van der Waals surface area (Å²) in [6.45, 7) is 2.07. The Kier molecular flexibility index (Phi) is 5.38. The van der Waals surface area contributed by atoms with Crippen LogP contribution in [0.25, 0.3) is 0 Å². The standard InChI is InChI=1S/C27H27N3O3/c1-4-18-10-14-21(15-11-18)29-26(31)23-24(19-12-16-20(17-13-19)28(2)3)30(33-25(23)27(29)32)22-8-6-5-7-9-22/h5-17,23-25H,4H2,1-3H3/t23-,24+,25+/m1/s1. The van der Waals surface area contributed by atoms with Crippen LogP contribution in [0.4, 0.5) is 17.1 Å². The maximum Gasteiger partial charge on any atom is 0.266 e. The summed E-state index contributed by atoms with van der Waals surface area (Å²) in [4.78, 5) is 36.6. The van der Waals surface area contributed by atoms with Gasteiger partial charge >= 0.3 is 0 Å². The van der Waals surface area contributed by atoms with Crippen LogP contribution in [0, 0.1) is 5.92 Å². The summed E-state index contributed by atoms with van der Waals surface area (Å²) in [5.74, 6) is -1.18. The molecule has 0 unspecified atom stereocenters. The lowest BCUT2D eigenvalue weighted by Gasteiger charge is -2.29. The lowest BCUT2D eigenvalue weighted by Crippen LogP contribution is -2.37. The van der Waals surface area contributed by atoms with Crippen molar-refractivity contribution in [2.75, 3.05) is 29.0 Å². The SMILES string of the molecule is CCc1ccc(N2C(=O)[C@H]3[C@H](ON(c4ccccc4)[C@H]3c3ccc(N(C)C)cc3)C2=O)cc1. The number of anilines is 3. The molecule has 6 heteroatoms. The van der Waals surface area contributed by atoms with Crippen LogP contribution < -0.4 is 14.9 Å². The van der Waals surface area contributed by atoms with Crippen LogP contribution >= 0.6 is 0 Å². The zero-order chi connectivity index (χ0) is 23.1. The van der Waals surface area contributed by atoms with Crippen molar-refractivity contribution in [3.63, 3.8) is 0 Å². The minimum Gasteiger partial charge on any atom is -0.378 e. The number of carbonyl (C=O) groups is 2. The predicted octanol–water partition coefficient (Wildman–Crippen LogP) is 4.37. The summed E-state index contributed by atoms with van der Waals surface area (Å²) < 4.78 is 0. The highest BCUT2D eigenvalue weighted by Gasteiger charge is 2.60. The molecule has 3 aromatic carbocycles. The highest BCUT2D eigenvalue weighted by atomic mass is 16.7. The number of benzene rings is 3. The number of hydrogen-bond acceptors (Lipinski definition) is 5. The molecule has 33 heavy (non-hydrogen) atoms. The van der Waals surface area contributed by atoms with Gasteiger partial charge in [0.25, 0.3) is 5.91 Å².